The van der Waals surface area contributed by atoms with Gasteiger partial charge in [0.25, 0.3) is 11.8 Å². The molecule has 2 amide bonds. The van der Waals surface area contributed by atoms with Crippen molar-refractivity contribution < 1.29 is 23.9 Å². The number of rotatable bonds is 6. The topological polar surface area (TPSA) is 103 Å². The van der Waals surface area contributed by atoms with Crippen LogP contribution in [0.5, 0.6) is 5.88 Å². The highest BCUT2D eigenvalue weighted by molar-refractivity contribution is 6.06. The minimum Gasteiger partial charge on any atom is -0.479 e. The van der Waals surface area contributed by atoms with Gasteiger partial charge in [-0.25, -0.2) is 0 Å². The van der Waals surface area contributed by atoms with Crippen LogP contribution < -0.4 is 10.1 Å². The molecule has 0 spiro atoms. The molecule has 30 heavy (non-hydrogen) atoms. The molecular formula is C21H26N4O5. The summed E-state index contributed by atoms with van der Waals surface area (Å²) in [6.45, 7) is 3.07. The van der Waals surface area contributed by atoms with Gasteiger partial charge in [-0.3, -0.25) is 19.1 Å². The van der Waals surface area contributed by atoms with Crippen molar-refractivity contribution in [3.8, 4) is 5.88 Å². The Hall–Kier alpha value is -3.36. The summed E-state index contributed by atoms with van der Waals surface area (Å²) in [4.78, 5) is 39.0. The van der Waals surface area contributed by atoms with Crippen LogP contribution in [-0.2, 0) is 16.6 Å². The van der Waals surface area contributed by atoms with Gasteiger partial charge < -0.3 is 19.7 Å². The summed E-state index contributed by atoms with van der Waals surface area (Å²) >= 11 is 0. The first-order chi connectivity index (χ1) is 14.4. The number of ether oxygens (including phenoxy) is 2. The first kappa shape index (κ1) is 21.4. The molecule has 0 radical (unpaired) electrons. The van der Waals surface area contributed by atoms with Crippen molar-refractivity contribution in [3.05, 3.63) is 41.6 Å². The molecule has 1 N–H and O–H groups in total. The largest absolute Gasteiger partial charge is 0.479 e. The van der Waals surface area contributed by atoms with E-state index >= 15 is 0 Å². The van der Waals surface area contributed by atoms with E-state index in [9.17, 15) is 14.4 Å². The first-order valence-electron chi connectivity index (χ1n) is 9.87. The lowest BCUT2D eigenvalue weighted by Crippen LogP contribution is -2.42. The van der Waals surface area contributed by atoms with E-state index in [0.717, 1.165) is 12.8 Å². The van der Waals surface area contributed by atoms with Gasteiger partial charge in [0, 0.05) is 37.6 Å². The summed E-state index contributed by atoms with van der Waals surface area (Å²) in [5.41, 5.74) is 1.36. The van der Waals surface area contributed by atoms with Crippen LogP contribution in [0.2, 0.25) is 0 Å². The Labute approximate surface area is 174 Å². The molecule has 1 aromatic heterocycles. The Morgan fingerprint density at radius 3 is 2.63 bits per heavy atom. The SMILES string of the molecule is CCOC(=O)[C@@H]1CCCN(C(=O)c2ccc(NC(=O)c3cn(C)nc3OC)cc2)C1. The molecule has 1 atom stereocenters. The molecule has 1 aromatic carbocycles. The van der Waals surface area contributed by atoms with Crippen molar-refractivity contribution in [3.63, 3.8) is 0 Å². The molecule has 0 unspecified atom stereocenters. The lowest BCUT2D eigenvalue weighted by Gasteiger charge is -2.31. The predicted molar refractivity (Wildman–Crippen MR) is 109 cm³/mol. The predicted octanol–water partition coefficient (Wildman–Crippen LogP) is 2.10. The lowest BCUT2D eigenvalue weighted by molar-refractivity contribution is -0.149. The fourth-order valence-corrected chi connectivity index (χ4v) is 3.47. The number of benzene rings is 1. The van der Waals surface area contributed by atoms with Gasteiger partial charge in [-0.1, -0.05) is 0 Å². The third-order valence-electron chi connectivity index (χ3n) is 4.95. The van der Waals surface area contributed by atoms with E-state index in [-0.39, 0.29) is 29.6 Å². The average molecular weight is 414 g/mol. The number of hydrogen-bond acceptors (Lipinski definition) is 6. The number of likely N-dealkylation sites (tertiary alicyclic amines) is 1. The van der Waals surface area contributed by atoms with Crippen LogP contribution >= 0.6 is 0 Å². The number of aromatic nitrogens is 2. The van der Waals surface area contributed by atoms with Crippen molar-refractivity contribution in [2.75, 3.05) is 32.1 Å². The van der Waals surface area contributed by atoms with Crippen LogP contribution in [0.15, 0.2) is 30.5 Å². The molecule has 1 aliphatic heterocycles. The number of methoxy groups -OCH3 is 1. The van der Waals surface area contributed by atoms with E-state index in [1.165, 1.54) is 11.8 Å². The van der Waals surface area contributed by atoms with Crippen LogP contribution in [0, 0.1) is 5.92 Å². The Morgan fingerprint density at radius 2 is 1.97 bits per heavy atom. The van der Waals surface area contributed by atoms with Crippen molar-refractivity contribution in [2.45, 2.75) is 19.8 Å². The number of hydrogen-bond donors (Lipinski definition) is 1. The number of carbonyl (C=O) groups excluding carboxylic acids is 3. The van der Waals surface area contributed by atoms with Gasteiger partial charge in [0.05, 0.1) is 19.6 Å². The maximum atomic E-state index is 12.8. The normalized spacial score (nSPS) is 16.1. The van der Waals surface area contributed by atoms with Crippen LogP contribution in [0.3, 0.4) is 0 Å². The third kappa shape index (κ3) is 4.79. The Morgan fingerprint density at radius 1 is 1.23 bits per heavy atom. The number of nitrogens with zero attached hydrogens (tertiary/aromatic N) is 3. The molecule has 0 bridgehead atoms. The molecule has 0 saturated carbocycles. The highest BCUT2D eigenvalue weighted by Crippen LogP contribution is 2.21. The third-order valence-corrected chi connectivity index (χ3v) is 4.95. The van der Waals surface area contributed by atoms with Crippen LogP contribution in [-0.4, -0.2) is 59.3 Å². The van der Waals surface area contributed by atoms with E-state index in [2.05, 4.69) is 10.4 Å². The van der Waals surface area contributed by atoms with Crippen molar-refractivity contribution in [2.24, 2.45) is 13.0 Å². The van der Waals surface area contributed by atoms with Crippen LogP contribution in [0.4, 0.5) is 5.69 Å². The van der Waals surface area contributed by atoms with Gasteiger partial charge in [0.1, 0.15) is 5.56 Å². The summed E-state index contributed by atoms with van der Waals surface area (Å²) in [5.74, 6) is -0.791. The summed E-state index contributed by atoms with van der Waals surface area (Å²) in [6, 6.07) is 6.65. The van der Waals surface area contributed by atoms with E-state index < -0.39 is 0 Å². The Balaban J connectivity index is 1.64. The molecular weight excluding hydrogens is 388 g/mol. The van der Waals surface area contributed by atoms with Crippen LogP contribution in [0.25, 0.3) is 0 Å². The molecule has 160 valence electrons. The number of aryl methyl sites for hydroxylation is 1. The molecule has 1 fully saturated rings. The fraction of sp³-hybridized carbons (Fsp3) is 0.429. The second-order valence-corrected chi connectivity index (χ2v) is 7.10. The zero-order valence-electron chi connectivity index (χ0n) is 17.4. The second-order valence-electron chi connectivity index (χ2n) is 7.10. The zero-order chi connectivity index (χ0) is 21.7. The van der Waals surface area contributed by atoms with Crippen LogP contribution in [0.1, 0.15) is 40.5 Å². The zero-order valence-corrected chi connectivity index (χ0v) is 17.4. The van der Waals surface area contributed by atoms with Gasteiger partial charge in [0.2, 0.25) is 5.88 Å². The number of amides is 2. The van der Waals surface area contributed by atoms with E-state index in [0.29, 0.717) is 36.5 Å². The average Bonchev–Trinajstić information content (AvgIpc) is 3.15. The number of piperidine rings is 1. The van der Waals surface area contributed by atoms with Gasteiger partial charge in [-0.15, -0.1) is 5.10 Å². The van der Waals surface area contributed by atoms with Gasteiger partial charge in [-0.2, -0.15) is 0 Å². The molecule has 2 heterocycles. The number of esters is 1. The molecule has 1 aliphatic rings. The number of anilines is 1. The summed E-state index contributed by atoms with van der Waals surface area (Å²) in [7, 11) is 3.15. The minimum absolute atomic E-state index is 0.143. The van der Waals surface area contributed by atoms with Crippen molar-refractivity contribution in [1.82, 2.24) is 14.7 Å². The lowest BCUT2D eigenvalue weighted by atomic mass is 9.97. The Kier molecular flexibility index (Phi) is 6.71. The minimum atomic E-state index is -0.354. The number of nitrogens with one attached hydrogen (secondary N) is 1. The molecule has 9 heteroatoms. The smallest absolute Gasteiger partial charge is 0.310 e. The second kappa shape index (κ2) is 9.43. The monoisotopic (exact) mass is 414 g/mol. The van der Waals surface area contributed by atoms with Gasteiger partial charge in [0.15, 0.2) is 0 Å². The van der Waals surface area contributed by atoms with Crippen molar-refractivity contribution >= 4 is 23.5 Å². The van der Waals surface area contributed by atoms with Gasteiger partial charge in [-0.05, 0) is 44.0 Å². The van der Waals surface area contributed by atoms with E-state index in [1.54, 1.807) is 49.3 Å². The fourth-order valence-electron chi connectivity index (χ4n) is 3.47. The molecule has 2 aromatic rings. The summed E-state index contributed by atoms with van der Waals surface area (Å²) in [5, 5.41) is 6.83. The van der Waals surface area contributed by atoms with Gasteiger partial charge >= 0.3 is 5.97 Å². The van der Waals surface area contributed by atoms with E-state index in [1.807, 2.05) is 0 Å². The van der Waals surface area contributed by atoms with E-state index in [4.69, 9.17) is 9.47 Å². The molecule has 1 saturated heterocycles. The number of carbonyl (C=O) groups is 3. The maximum absolute atomic E-state index is 12.8. The molecule has 0 aliphatic carbocycles. The highest BCUT2D eigenvalue weighted by atomic mass is 16.5. The molecule has 9 nitrogen and oxygen atoms in total. The highest BCUT2D eigenvalue weighted by Gasteiger charge is 2.29. The summed E-state index contributed by atoms with van der Waals surface area (Å²) in [6.07, 6.45) is 3.06. The van der Waals surface area contributed by atoms with Crippen molar-refractivity contribution in [1.29, 1.82) is 0 Å². The standard InChI is InChI=1S/C21H26N4O5/c1-4-30-21(28)15-6-5-11-25(12-15)20(27)14-7-9-16(10-8-14)22-18(26)17-13-24(2)23-19(17)29-3/h7-10,13,15H,4-6,11-12H2,1-3H3,(H,22,26)/t15-/m1/s1. The molecule has 3 rings (SSSR count). The maximum Gasteiger partial charge on any atom is 0.310 e. The first-order valence-corrected chi connectivity index (χ1v) is 9.87. The Bertz CT molecular complexity index is 922. The summed E-state index contributed by atoms with van der Waals surface area (Å²) < 4.78 is 11.7. The quantitative estimate of drug-likeness (QED) is 0.726.